The Morgan fingerprint density at radius 1 is 1.19 bits per heavy atom. The number of ether oxygens (including phenoxy) is 1. The van der Waals surface area contributed by atoms with E-state index in [-0.39, 0.29) is 18.7 Å². The minimum absolute atomic E-state index is 0.0767. The van der Waals surface area contributed by atoms with E-state index in [1.54, 1.807) is 20.0 Å². The van der Waals surface area contributed by atoms with Gasteiger partial charge in [-0.3, -0.25) is 24.0 Å². The number of hydrogen-bond donors (Lipinski definition) is 2. The van der Waals surface area contributed by atoms with Crippen LogP contribution in [0, 0.1) is 0 Å². The van der Waals surface area contributed by atoms with E-state index in [0.717, 1.165) is 11.0 Å². The van der Waals surface area contributed by atoms with Crippen LogP contribution in [0.25, 0.3) is 11.0 Å². The predicted molar refractivity (Wildman–Crippen MR) is 94.6 cm³/mol. The third kappa shape index (κ3) is 4.29. The number of benzene rings is 1. The van der Waals surface area contributed by atoms with Gasteiger partial charge in [0.2, 0.25) is 0 Å². The van der Waals surface area contributed by atoms with Crippen LogP contribution in [0.15, 0.2) is 29.1 Å². The number of nitrogens with zero attached hydrogens (tertiary/aromatic N) is 2. The first-order chi connectivity index (χ1) is 12.3. The van der Waals surface area contributed by atoms with Gasteiger partial charge in [-0.15, -0.1) is 0 Å². The van der Waals surface area contributed by atoms with Gasteiger partial charge >= 0.3 is 17.7 Å². The number of aromatic nitrogens is 2. The van der Waals surface area contributed by atoms with Gasteiger partial charge in [0.1, 0.15) is 0 Å². The lowest BCUT2D eigenvalue weighted by Gasteiger charge is -2.13. The van der Waals surface area contributed by atoms with E-state index in [9.17, 15) is 19.2 Å². The number of rotatable bonds is 6. The van der Waals surface area contributed by atoms with E-state index in [4.69, 9.17) is 4.74 Å². The second-order valence-electron chi connectivity index (χ2n) is 5.71. The lowest BCUT2D eigenvalue weighted by molar-refractivity contribution is -0.154. The molecular formula is C17H22N4O5. The Hall–Kier alpha value is -3.10. The summed E-state index contributed by atoms with van der Waals surface area (Å²) in [6.07, 6.45) is -1.19. The normalized spacial score (nSPS) is 11.8. The molecule has 9 nitrogen and oxygen atoms in total. The standard InChI is InChI=1S/C17H22N4O5/c1-4-18-16(24)19-15(23)11(2)26-14(22)9-10-21-13-8-6-5-7-12(13)20(3)17(21)25/h5-8,11H,4,9-10H2,1-3H3,(H2,18,19,23,24). The molecule has 1 atom stereocenters. The molecule has 1 heterocycles. The van der Waals surface area contributed by atoms with Crippen LogP contribution in [0.2, 0.25) is 0 Å². The van der Waals surface area contributed by atoms with Gasteiger partial charge < -0.3 is 10.1 Å². The second-order valence-corrected chi connectivity index (χ2v) is 5.71. The minimum Gasteiger partial charge on any atom is -0.452 e. The van der Waals surface area contributed by atoms with Crippen LogP contribution < -0.4 is 16.3 Å². The van der Waals surface area contributed by atoms with Gasteiger partial charge in [-0.25, -0.2) is 9.59 Å². The fraction of sp³-hybridized carbons (Fsp3) is 0.412. The van der Waals surface area contributed by atoms with Gasteiger partial charge in [0, 0.05) is 20.1 Å². The Morgan fingerprint density at radius 2 is 1.85 bits per heavy atom. The van der Waals surface area contributed by atoms with Gasteiger partial charge in [0.05, 0.1) is 17.5 Å². The fourth-order valence-corrected chi connectivity index (χ4v) is 2.51. The maximum absolute atomic E-state index is 12.3. The summed E-state index contributed by atoms with van der Waals surface area (Å²) in [7, 11) is 1.66. The molecule has 0 aliphatic rings. The van der Waals surface area contributed by atoms with Gasteiger partial charge in [0.15, 0.2) is 6.10 Å². The average molecular weight is 362 g/mol. The highest BCUT2D eigenvalue weighted by Crippen LogP contribution is 2.12. The average Bonchev–Trinajstić information content (AvgIpc) is 2.84. The zero-order valence-electron chi connectivity index (χ0n) is 14.9. The molecule has 26 heavy (non-hydrogen) atoms. The van der Waals surface area contributed by atoms with Crippen molar-refractivity contribution in [3.63, 3.8) is 0 Å². The van der Waals surface area contributed by atoms with E-state index in [1.807, 2.05) is 18.2 Å². The molecule has 0 aliphatic heterocycles. The molecule has 1 aromatic heterocycles. The number of imidazole rings is 1. The highest BCUT2D eigenvalue weighted by atomic mass is 16.5. The number of imide groups is 1. The van der Waals surface area contributed by atoms with E-state index in [2.05, 4.69) is 10.6 Å². The Balaban J connectivity index is 1.95. The summed E-state index contributed by atoms with van der Waals surface area (Å²) in [5, 5.41) is 4.48. The highest BCUT2D eigenvalue weighted by molar-refractivity contribution is 5.97. The second kappa shape index (κ2) is 8.32. The number of amides is 3. The van der Waals surface area contributed by atoms with E-state index in [0.29, 0.717) is 6.54 Å². The van der Waals surface area contributed by atoms with Gasteiger partial charge in [-0.1, -0.05) is 12.1 Å². The number of urea groups is 1. The number of hydrogen-bond acceptors (Lipinski definition) is 5. The van der Waals surface area contributed by atoms with Crippen LogP contribution in [-0.4, -0.2) is 39.7 Å². The summed E-state index contributed by atoms with van der Waals surface area (Å²) >= 11 is 0. The molecule has 1 aromatic carbocycles. The number of aryl methyl sites for hydroxylation is 2. The molecule has 0 fully saturated rings. The molecule has 0 saturated carbocycles. The van der Waals surface area contributed by atoms with Crippen molar-refractivity contribution in [1.82, 2.24) is 19.8 Å². The smallest absolute Gasteiger partial charge is 0.328 e. The molecule has 0 radical (unpaired) electrons. The van der Waals surface area contributed by atoms with Gasteiger partial charge in [0.25, 0.3) is 5.91 Å². The van der Waals surface area contributed by atoms with Crippen LogP contribution >= 0.6 is 0 Å². The number of nitrogens with one attached hydrogen (secondary N) is 2. The molecule has 1 unspecified atom stereocenters. The van der Waals surface area contributed by atoms with Crippen molar-refractivity contribution in [1.29, 1.82) is 0 Å². The fourth-order valence-electron chi connectivity index (χ4n) is 2.51. The Bertz CT molecular complexity index is 883. The predicted octanol–water partition coefficient (Wildman–Crippen LogP) is 0.508. The van der Waals surface area contributed by atoms with Gasteiger partial charge in [-0.05, 0) is 26.0 Å². The lowest BCUT2D eigenvalue weighted by atomic mass is 10.3. The molecular weight excluding hydrogens is 340 g/mol. The number of para-hydroxylation sites is 2. The third-order valence-corrected chi connectivity index (χ3v) is 3.84. The maximum Gasteiger partial charge on any atom is 0.328 e. The van der Waals surface area contributed by atoms with Crippen LogP contribution in [0.5, 0.6) is 0 Å². The SMILES string of the molecule is CCNC(=O)NC(=O)C(C)OC(=O)CCn1c(=O)n(C)c2ccccc21. The largest absolute Gasteiger partial charge is 0.452 e. The Kier molecular flexibility index (Phi) is 6.16. The Labute approximate surface area is 149 Å². The van der Waals surface area contributed by atoms with Gasteiger partial charge in [-0.2, -0.15) is 0 Å². The third-order valence-electron chi connectivity index (χ3n) is 3.84. The number of carbonyl (C=O) groups excluding carboxylic acids is 3. The molecule has 2 rings (SSSR count). The molecule has 9 heteroatoms. The van der Waals surface area contributed by atoms with Crippen molar-refractivity contribution in [3.05, 3.63) is 34.7 Å². The van der Waals surface area contributed by atoms with E-state index >= 15 is 0 Å². The number of fused-ring (bicyclic) bond motifs is 1. The first-order valence-corrected chi connectivity index (χ1v) is 8.27. The minimum atomic E-state index is -1.12. The van der Waals surface area contributed by atoms with Crippen LogP contribution in [0.4, 0.5) is 4.79 Å². The van der Waals surface area contributed by atoms with Crippen molar-refractivity contribution in [3.8, 4) is 0 Å². The first kappa shape index (κ1) is 19.2. The quantitative estimate of drug-likeness (QED) is 0.727. The molecule has 0 saturated heterocycles. The molecule has 3 amide bonds. The zero-order chi connectivity index (χ0) is 19.3. The molecule has 2 aromatic rings. The number of esters is 1. The van der Waals surface area contributed by atoms with E-state index in [1.165, 1.54) is 16.1 Å². The summed E-state index contributed by atoms with van der Waals surface area (Å²) in [4.78, 5) is 47.3. The number of carbonyl (C=O) groups is 3. The molecule has 0 spiro atoms. The van der Waals surface area contributed by atoms with Crippen molar-refractivity contribution in [2.75, 3.05) is 6.54 Å². The Morgan fingerprint density at radius 3 is 2.50 bits per heavy atom. The first-order valence-electron chi connectivity index (χ1n) is 8.27. The summed E-state index contributed by atoms with van der Waals surface area (Å²) in [5.41, 5.74) is 1.25. The summed E-state index contributed by atoms with van der Waals surface area (Å²) in [6, 6.07) is 6.60. The highest BCUT2D eigenvalue weighted by Gasteiger charge is 2.20. The van der Waals surface area contributed by atoms with Crippen LogP contribution in [0.3, 0.4) is 0 Å². The summed E-state index contributed by atoms with van der Waals surface area (Å²) in [6.45, 7) is 3.58. The van der Waals surface area contributed by atoms with Crippen molar-refractivity contribution < 1.29 is 19.1 Å². The summed E-state index contributed by atoms with van der Waals surface area (Å²) in [5.74, 6) is -1.35. The van der Waals surface area contributed by atoms with Crippen LogP contribution in [-0.2, 0) is 27.9 Å². The molecule has 0 aliphatic carbocycles. The summed E-state index contributed by atoms with van der Waals surface area (Å²) < 4.78 is 8.00. The zero-order valence-corrected chi connectivity index (χ0v) is 14.9. The topological polar surface area (TPSA) is 111 Å². The molecule has 0 bridgehead atoms. The van der Waals surface area contributed by atoms with Crippen molar-refractivity contribution in [2.45, 2.75) is 32.9 Å². The van der Waals surface area contributed by atoms with Crippen molar-refractivity contribution >= 4 is 28.9 Å². The lowest BCUT2D eigenvalue weighted by Crippen LogP contribution is -2.44. The van der Waals surface area contributed by atoms with Crippen LogP contribution in [0.1, 0.15) is 20.3 Å². The molecule has 2 N–H and O–H groups in total. The van der Waals surface area contributed by atoms with E-state index < -0.39 is 24.0 Å². The van der Waals surface area contributed by atoms with Crippen molar-refractivity contribution in [2.24, 2.45) is 7.05 Å². The maximum atomic E-state index is 12.3. The monoisotopic (exact) mass is 362 g/mol. The molecule has 140 valence electrons.